The van der Waals surface area contributed by atoms with Gasteiger partial charge in [-0.05, 0) is 68.5 Å². The second kappa shape index (κ2) is 10.4. The lowest BCUT2D eigenvalue weighted by molar-refractivity contribution is -0.134. The molecule has 2 aromatic rings. The molecule has 1 fully saturated rings. The molecule has 0 radical (unpaired) electrons. The Bertz CT molecular complexity index is 1100. The number of nitrogens with zero attached hydrogens (tertiary/aromatic N) is 1. The fourth-order valence-corrected chi connectivity index (χ4v) is 3.71. The van der Waals surface area contributed by atoms with Crippen molar-refractivity contribution in [2.75, 3.05) is 25.5 Å². The number of imide groups is 1. The van der Waals surface area contributed by atoms with Gasteiger partial charge in [-0.3, -0.25) is 19.3 Å². The van der Waals surface area contributed by atoms with Crippen LogP contribution in [0.2, 0.25) is 0 Å². The highest BCUT2D eigenvalue weighted by molar-refractivity contribution is 6.09. The van der Waals surface area contributed by atoms with Gasteiger partial charge in [0.15, 0.2) is 0 Å². The molecule has 1 aliphatic rings. The van der Waals surface area contributed by atoms with E-state index in [0.29, 0.717) is 18.5 Å². The van der Waals surface area contributed by atoms with Crippen LogP contribution in [0.4, 0.5) is 10.5 Å². The Morgan fingerprint density at radius 1 is 1.06 bits per heavy atom. The summed E-state index contributed by atoms with van der Waals surface area (Å²) in [6.07, 6.45) is 0.936. The fourth-order valence-electron chi connectivity index (χ4n) is 3.71. The minimum Gasteiger partial charge on any atom is -0.497 e. The third kappa shape index (κ3) is 5.72. The zero-order valence-corrected chi connectivity index (χ0v) is 19.9. The van der Waals surface area contributed by atoms with Crippen LogP contribution in [0.3, 0.4) is 0 Å². The predicted molar refractivity (Wildman–Crippen MR) is 128 cm³/mol. The van der Waals surface area contributed by atoms with Gasteiger partial charge < -0.3 is 20.7 Å². The van der Waals surface area contributed by atoms with E-state index in [2.05, 4.69) is 16.0 Å². The lowest BCUT2D eigenvalue weighted by atomic mass is 9.93. The number of hydrogen-bond donors (Lipinski definition) is 3. The van der Waals surface area contributed by atoms with Crippen LogP contribution < -0.4 is 20.7 Å². The maximum absolute atomic E-state index is 12.9. The number of carbonyl (C=O) groups is 4. The van der Waals surface area contributed by atoms with Crippen LogP contribution in [0.5, 0.6) is 5.75 Å². The van der Waals surface area contributed by atoms with Crippen molar-refractivity contribution < 1.29 is 23.9 Å². The molecule has 180 valence electrons. The van der Waals surface area contributed by atoms with Crippen LogP contribution in [0.15, 0.2) is 42.5 Å². The molecule has 3 rings (SSSR count). The number of rotatable bonds is 9. The number of methoxy groups -OCH3 is 1. The molecule has 1 heterocycles. The number of carbonyl (C=O) groups excluding carboxylic acids is 4. The van der Waals surface area contributed by atoms with Gasteiger partial charge in [0.05, 0.1) is 13.7 Å². The highest BCUT2D eigenvalue weighted by Crippen LogP contribution is 2.24. The smallest absolute Gasteiger partial charge is 0.325 e. The summed E-state index contributed by atoms with van der Waals surface area (Å²) in [6.45, 7) is 4.75. The summed E-state index contributed by atoms with van der Waals surface area (Å²) < 4.78 is 5.14. The molecular weight excluding hydrogens is 436 g/mol. The molecule has 0 bridgehead atoms. The van der Waals surface area contributed by atoms with Crippen LogP contribution >= 0.6 is 0 Å². The number of anilines is 1. The summed E-state index contributed by atoms with van der Waals surface area (Å²) in [4.78, 5) is 50.7. The molecule has 0 unspecified atom stereocenters. The number of ether oxygens (including phenoxy) is 1. The highest BCUT2D eigenvalue weighted by atomic mass is 16.5. The summed E-state index contributed by atoms with van der Waals surface area (Å²) in [5.74, 6) is -0.733. The van der Waals surface area contributed by atoms with E-state index in [0.717, 1.165) is 27.3 Å². The Balaban J connectivity index is 1.51. The van der Waals surface area contributed by atoms with E-state index in [4.69, 9.17) is 4.74 Å². The van der Waals surface area contributed by atoms with Gasteiger partial charge >= 0.3 is 6.03 Å². The van der Waals surface area contributed by atoms with Crippen molar-refractivity contribution in [3.63, 3.8) is 0 Å². The van der Waals surface area contributed by atoms with Gasteiger partial charge in [-0.2, -0.15) is 0 Å². The van der Waals surface area contributed by atoms with Gasteiger partial charge in [-0.25, -0.2) is 4.79 Å². The Hall–Kier alpha value is -3.88. The summed E-state index contributed by atoms with van der Waals surface area (Å²) in [5.41, 5.74) is 2.53. The average Bonchev–Trinajstić information content (AvgIpc) is 3.03. The zero-order valence-electron chi connectivity index (χ0n) is 19.9. The molecule has 1 saturated heterocycles. The van der Waals surface area contributed by atoms with Crippen molar-refractivity contribution in [1.29, 1.82) is 0 Å². The zero-order chi connectivity index (χ0) is 24.9. The van der Waals surface area contributed by atoms with Crippen LogP contribution in [-0.4, -0.2) is 54.4 Å². The predicted octanol–water partition coefficient (Wildman–Crippen LogP) is 2.31. The van der Waals surface area contributed by atoms with E-state index in [1.54, 1.807) is 20.1 Å². The molecule has 3 N–H and O–H groups in total. The normalized spacial score (nSPS) is 17.4. The Kier molecular flexibility index (Phi) is 7.55. The molecule has 0 saturated carbocycles. The SMILES string of the molecule is COc1ccc(CC[C@]2(C)NC(=O)N(CC(=O)NCC(=O)Nc3cccc(C)c3C)C2=O)cc1. The van der Waals surface area contributed by atoms with Crippen LogP contribution in [-0.2, 0) is 20.8 Å². The third-order valence-electron chi connectivity index (χ3n) is 6.04. The van der Waals surface area contributed by atoms with E-state index in [1.165, 1.54) is 0 Å². The first-order chi connectivity index (χ1) is 16.1. The average molecular weight is 467 g/mol. The number of benzene rings is 2. The summed E-state index contributed by atoms with van der Waals surface area (Å²) in [6, 6.07) is 12.4. The van der Waals surface area contributed by atoms with Crippen LogP contribution in [0.25, 0.3) is 0 Å². The lowest BCUT2D eigenvalue weighted by Gasteiger charge is -2.21. The molecule has 1 atom stereocenters. The fraction of sp³-hybridized carbons (Fsp3) is 0.360. The van der Waals surface area contributed by atoms with Gasteiger partial charge in [0, 0.05) is 5.69 Å². The minimum atomic E-state index is -1.11. The summed E-state index contributed by atoms with van der Waals surface area (Å²) >= 11 is 0. The van der Waals surface area contributed by atoms with Crippen LogP contribution in [0, 0.1) is 13.8 Å². The Morgan fingerprint density at radius 3 is 2.44 bits per heavy atom. The first kappa shape index (κ1) is 24.8. The number of amides is 5. The maximum Gasteiger partial charge on any atom is 0.325 e. The van der Waals surface area contributed by atoms with Gasteiger partial charge in [0.25, 0.3) is 5.91 Å². The molecular formula is C25H30N4O5. The molecule has 5 amide bonds. The number of aryl methyl sites for hydroxylation is 2. The van der Waals surface area contributed by atoms with Crippen LogP contribution in [0.1, 0.15) is 30.0 Å². The van der Waals surface area contributed by atoms with Crippen molar-refractivity contribution in [3.8, 4) is 5.75 Å². The minimum absolute atomic E-state index is 0.273. The monoisotopic (exact) mass is 466 g/mol. The van der Waals surface area contributed by atoms with Crippen molar-refractivity contribution in [3.05, 3.63) is 59.2 Å². The van der Waals surface area contributed by atoms with Crippen molar-refractivity contribution in [2.45, 2.75) is 39.2 Å². The quantitative estimate of drug-likeness (QED) is 0.491. The molecule has 9 nitrogen and oxygen atoms in total. The summed E-state index contributed by atoms with van der Waals surface area (Å²) in [7, 11) is 1.59. The Labute approximate surface area is 198 Å². The number of hydrogen-bond acceptors (Lipinski definition) is 5. The molecule has 2 aromatic carbocycles. The maximum atomic E-state index is 12.9. The van der Waals surface area contributed by atoms with E-state index in [1.807, 2.05) is 50.2 Å². The number of urea groups is 1. The second-order valence-electron chi connectivity index (χ2n) is 8.57. The van der Waals surface area contributed by atoms with Gasteiger partial charge in [-0.1, -0.05) is 24.3 Å². The molecule has 0 aromatic heterocycles. The van der Waals surface area contributed by atoms with Crippen molar-refractivity contribution in [1.82, 2.24) is 15.5 Å². The first-order valence-electron chi connectivity index (χ1n) is 11.0. The van der Waals surface area contributed by atoms with E-state index in [-0.39, 0.29) is 6.54 Å². The molecule has 0 spiro atoms. The van der Waals surface area contributed by atoms with Gasteiger partial charge in [-0.15, -0.1) is 0 Å². The third-order valence-corrected chi connectivity index (χ3v) is 6.04. The topological polar surface area (TPSA) is 117 Å². The van der Waals surface area contributed by atoms with E-state index < -0.39 is 35.8 Å². The highest BCUT2D eigenvalue weighted by Gasteiger charge is 2.47. The molecule has 1 aliphatic heterocycles. The Morgan fingerprint density at radius 2 is 1.76 bits per heavy atom. The van der Waals surface area contributed by atoms with E-state index in [9.17, 15) is 19.2 Å². The van der Waals surface area contributed by atoms with Crippen molar-refractivity contribution >= 4 is 29.4 Å². The standard InChI is InChI=1S/C25H30N4O5/c1-16-6-5-7-20(17(16)2)27-21(30)14-26-22(31)15-29-23(32)25(3,28-24(29)33)13-12-18-8-10-19(34-4)11-9-18/h5-11H,12-15H2,1-4H3,(H,26,31)(H,27,30)(H,28,33)/t25-/m0/s1. The lowest BCUT2D eigenvalue weighted by Crippen LogP contribution is -2.46. The summed E-state index contributed by atoms with van der Waals surface area (Å²) in [5, 5.41) is 7.90. The van der Waals surface area contributed by atoms with Gasteiger partial charge in [0.2, 0.25) is 11.8 Å². The molecule has 9 heteroatoms. The molecule has 34 heavy (non-hydrogen) atoms. The van der Waals surface area contributed by atoms with E-state index >= 15 is 0 Å². The molecule has 0 aliphatic carbocycles. The van der Waals surface area contributed by atoms with Crippen molar-refractivity contribution in [2.24, 2.45) is 0 Å². The second-order valence-corrected chi connectivity index (χ2v) is 8.57. The number of nitrogens with one attached hydrogen (secondary N) is 3. The largest absolute Gasteiger partial charge is 0.497 e. The first-order valence-corrected chi connectivity index (χ1v) is 11.0. The van der Waals surface area contributed by atoms with Gasteiger partial charge in [0.1, 0.15) is 17.8 Å².